The van der Waals surface area contributed by atoms with Gasteiger partial charge in [-0.15, -0.1) is 0 Å². The maximum Gasteiger partial charge on any atom is 0.120 e. The molecular weight excluding hydrogens is 258 g/mol. The highest BCUT2D eigenvalue weighted by Crippen LogP contribution is 2.28. The summed E-state index contributed by atoms with van der Waals surface area (Å²) in [7, 11) is 0. The highest BCUT2D eigenvalue weighted by molar-refractivity contribution is 5.30. The fourth-order valence-electron chi connectivity index (χ4n) is 3.16. The summed E-state index contributed by atoms with van der Waals surface area (Å²) < 4.78 is 6.22. The number of ether oxygens (including phenoxy) is 1. The normalized spacial score (nSPS) is 23.8. The van der Waals surface area contributed by atoms with Crippen molar-refractivity contribution in [1.82, 2.24) is 5.32 Å². The molecule has 2 heteroatoms. The van der Waals surface area contributed by atoms with Gasteiger partial charge in [-0.25, -0.2) is 0 Å². The van der Waals surface area contributed by atoms with E-state index in [0.29, 0.717) is 12.1 Å². The quantitative estimate of drug-likeness (QED) is 0.754. The van der Waals surface area contributed by atoms with Gasteiger partial charge in [0.15, 0.2) is 0 Å². The predicted octanol–water partition coefficient (Wildman–Crippen LogP) is 5.09. The van der Waals surface area contributed by atoms with Crippen molar-refractivity contribution in [3.8, 4) is 5.75 Å². The van der Waals surface area contributed by atoms with Crippen molar-refractivity contribution in [2.45, 2.75) is 71.4 Å². The van der Waals surface area contributed by atoms with Crippen molar-refractivity contribution >= 4 is 0 Å². The zero-order valence-corrected chi connectivity index (χ0v) is 13.9. The van der Waals surface area contributed by atoms with Gasteiger partial charge in [-0.3, -0.25) is 0 Å². The topological polar surface area (TPSA) is 21.3 Å². The predicted molar refractivity (Wildman–Crippen MR) is 89.8 cm³/mol. The molecule has 1 aliphatic rings. The van der Waals surface area contributed by atoms with E-state index in [9.17, 15) is 0 Å². The van der Waals surface area contributed by atoms with E-state index in [1.807, 2.05) is 0 Å². The fourth-order valence-corrected chi connectivity index (χ4v) is 3.16. The van der Waals surface area contributed by atoms with Crippen LogP contribution >= 0.6 is 0 Å². The van der Waals surface area contributed by atoms with Gasteiger partial charge in [-0.05, 0) is 68.7 Å². The zero-order valence-electron chi connectivity index (χ0n) is 13.9. The Hall–Kier alpha value is -1.02. The smallest absolute Gasteiger partial charge is 0.120 e. The lowest BCUT2D eigenvalue weighted by atomic mass is 9.89. The van der Waals surface area contributed by atoms with Crippen molar-refractivity contribution in [3.05, 3.63) is 29.8 Å². The summed E-state index contributed by atoms with van der Waals surface area (Å²) in [6.07, 6.45) is 7.73. The third kappa shape index (κ3) is 5.03. The maximum absolute atomic E-state index is 6.22. The van der Waals surface area contributed by atoms with Gasteiger partial charge in [-0.1, -0.05) is 32.9 Å². The summed E-state index contributed by atoms with van der Waals surface area (Å²) in [4.78, 5) is 0. The third-order valence-corrected chi connectivity index (χ3v) is 4.58. The molecule has 1 aromatic carbocycles. The first-order valence-electron chi connectivity index (χ1n) is 8.72. The first-order chi connectivity index (χ1) is 10.2. The van der Waals surface area contributed by atoms with Crippen LogP contribution in [0.15, 0.2) is 24.3 Å². The Kier molecular flexibility index (Phi) is 6.56. The Morgan fingerprint density at radius 2 is 1.95 bits per heavy atom. The van der Waals surface area contributed by atoms with Crippen LogP contribution in [-0.4, -0.2) is 12.6 Å². The molecule has 0 bridgehead atoms. The number of benzene rings is 1. The molecule has 118 valence electrons. The summed E-state index contributed by atoms with van der Waals surface area (Å²) >= 11 is 0. The molecule has 1 aliphatic carbocycles. The SMILES string of the molecule is CCCNC(CC)c1cccc(OC2CCC(C)CC2)c1. The van der Waals surface area contributed by atoms with E-state index in [1.165, 1.54) is 37.7 Å². The van der Waals surface area contributed by atoms with Gasteiger partial charge in [0, 0.05) is 6.04 Å². The number of hydrogen-bond acceptors (Lipinski definition) is 2. The molecule has 0 amide bonds. The van der Waals surface area contributed by atoms with E-state index >= 15 is 0 Å². The highest BCUT2D eigenvalue weighted by atomic mass is 16.5. The molecule has 2 nitrogen and oxygen atoms in total. The van der Waals surface area contributed by atoms with Crippen molar-refractivity contribution in [2.75, 3.05) is 6.54 Å². The second-order valence-electron chi connectivity index (χ2n) is 6.49. The lowest BCUT2D eigenvalue weighted by Crippen LogP contribution is -2.23. The van der Waals surface area contributed by atoms with Gasteiger partial charge in [0.2, 0.25) is 0 Å². The molecule has 1 atom stereocenters. The van der Waals surface area contributed by atoms with Crippen molar-refractivity contribution in [3.63, 3.8) is 0 Å². The minimum Gasteiger partial charge on any atom is -0.490 e. The first-order valence-corrected chi connectivity index (χ1v) is 8.72. The number of nitrogens with one attached hydrogen (secondary N) is 1. The zero-order chi connectivity index (χ0) is 15.1. The average molecular weight is 289 g/mol. The monoisotopic (exact) mass is 289 g/mol. The van der Waals surface area contributed by atoms with Crippen LogP contribution in [0.2, 0.25) is 0 Å². The molecule has 2 rings (SSSR count). The van der Waals surface area contributed by atoms with E-state index in [4.69, 9.17) is 4.74 Å². The van der Waals surface area contributed by atoms with Crippen LogP contribution in [0.3, 0.4) is 0 Å². The molecule has 0 saturated heterocycles. The lowest BCUT2D eigenvalue weighted by Gasteiger charge is -2.27. The van der Waals surface area contributed by atoms with Crippen LogP contribution in [0.25, 0.3) is 0 Å². The average Bonchev–Trinajstić information content (AvgIpc) is 2.51. The van der Waals surface area contributed by atoms with E-state index in [1.54, 1.807) is 0 Å². The fraction of sp³-hybridized carbons (Fsp3) is 0.684. The Bertz CT molecular complexity index is 410. The van der Waals surface area contributed by atoms with Crippen LogP contribution in [-0.2, 0) is 0 Å². The molecule has 1 N–H and O–H groups in total. The molecule has 1 aromatic rings. The highest BCUT2D eigenvalue weighted by Gasteiger charge is 2.19. The summed E-state index contributed by atoms with van der Waals surface area (Å²) in [5, 5.41) is 3.62. The largest absolute Gasteiger partial charge is 0.490 e. The molecule has 1 unspecified atom stereocenters. The molecule has 0 aliphatic heterocycles. The van der Waals surface area contributed by atoms with Crippen molar-refractivity contribution in [2.24, 2.45) is 5.92 Å². The molecule has 21 heavy (non-hydrogen) atoms. The number of rotatable bonds is 7. The second-order valence-corrected chi connectivity index (χ2v) is 6.49. The van der Waals surface area contributed by atoms with Gasteiger partial charge in [0.1, 0.15) is 5.75 Å². The molecule has 0 radical (unpaired) electrons. The lowest BCUT2D eigenvalue weighted by molar-refractivity contribution is 0.135. The molecular formula is C19H31NO. The van der Waals surface area contributed by atoms with Gasteiger partial charge in [0.25, 0.3) is 0 Å². The summed E-state index contributed by atoms with van der Waals surface area (Å²) in [5.74, 6) is 1.92. The maximum atomic E-state index is 6.22. The second kappa shape index (κ2) is 8.43. The molecule has 1 fully saturated rings. The van der Waals surface area contributed by atoms with E-state index in [2.05, 4.69) is 50.4 Å². The van der Waals surface area contributed by atoms with Crippen molar-refractivity contribution < 1.29 is 4.74 Å². The van der Waals surface area contributed by atoms with E-state index in [-0.39, 0.29) is 0 Å². The summed E-state index contributed by atoms with van der Waals surface area (Å²) in [6, 6.07) is 9.13. The molecule has 0 heterocycles. The Balaban J connectivity index is 1.96. The van der Waals surface area contributed by atoms with Gasteiger partial charge in [-0.2, -0.15) is 0 Å². The van der Waals surface area contributed by atoms with Crippen LogP contribution < -0.4 is 10.1 Å². The van der Waals surface area contributed by atoms with Crippen LogP contribution in [0, 0.1) is 5.92 Å². The summed E-state index contributed by atoms with van der Waals surface area (Å²) in [6.45, 7) is 7.87. The Labute approximate surface area is 130 Å². The number of hydrogen-bond donors (Lipinski definition) is 1. The minimum atomic E-state index is 0.417. The third-order valence-electron chi connectivity index (χ3n) is 4.58. The van der Waals surface area contributed by atoms with Gasteiger partial charge in [0.05, 0.1) is 6.10 Å². The summed E-state index contributed by atoms with van der Waals surface area (Å²) in [5.41, 5.74) is 1.35. The van der Waals surface area contributed by atoms with Crippen LogP contribution in [0.5, 0.6) is 5.75 Å². The van der Waals surface area contributed by atoms with Crippen LogP contribution in [0.1, 0.15) is 70.9 Å². The van der Waals surface area contributed by atoms with Crippen LogP contribution in [0.4, 0.5) is 0 Å². The molecule has 0 aromatic heterocycles. The van der Waals surface area contributed by atoms with Gasteiger partial charge < -0.3 is 10.1 Å². The Morgan fingerprint density at radius 1 is 1.19 bits per heavy atom. The minimum absolute atomic E-state index is 0.417. The van der Waals surface area contributed by atoms with Gasteiger partial charge >= 0.3 is 0 Å². The van der Waals surface area contributed by atoms with E-state index < -0.39 is 0 Å². The first kappa shape index (κ1) is 16.4. The standard InChI is InChI=1S/C19H31NO/c1-4-13-20-19(5-2)16-7-6-8-18(14-16)21-17-11-9-15(3)10-12-17/h6-8,14-15,17,19-20H,4-5,9-13H2,1-3H3. The van der Waals surface area contributed by atoms with Crippen molar-refractivity contribution in [1.29, 1.82) is 0 Å². The molecule has 1 saturated carbocycles. The molecule has 0 spiro atoms. The Morgan fingerprint density at radius 3 is 2.62 bits per heavy atom. The van der Waals surface area contributed by atoms with E-state index in [0.717, 1.165) is 24.6 Å².